The molecule has 5 nitrogen and oxygen atoms in total. The summed E-state index contributed by atoms with van der Waals surface area (Å²) >= 11 is 0. The van der Waals surface area contributed by atoms with Crippen LogP contribution >= 0.6 is 0 Å². The molecule has 0 saturated heterocycles. The van der Waals surface area contributed by atoms with Gasteiger partial charge in [0.1, 0.15) is 0 Å². The van der Waals surface area contributed by atoms with Gasteiger partial charge in [-0.3, -0.25) is 5.43 Å². The van der Waals surface area contributed by atoms with E-state index in [4.69, 9.17) is 10.6 Å². The third kappa shape index (κ3) is 5.92. The molecule has 2 atom stereocenters. The minimum atomic E-state index is 0.107. The van der Waals surface area contributed by atoms with E-state index in [0.29, 0.717) is 18.5 Å². The summed E-state index contributed by atoms with van der Waals surface area (Å²) in [5.74, 6) is 6.81. The minimum Gasteiger partial charge on any atom is -0.382 e. The van der Waals surface area contributed by atoms with Crippen molar-refractivity contribution in [1.29, 1.82) is 0 Å². The highest BCUT2D eigenvalue weighted by Crippen LogP contribution is 2.03. The molecule has 0 fully saturated rings. The van der Waals surface area contributed by atoms with E-state index in [1.165, 1.54) is 0 Å². The second kappa shape index (κ2) is 8.35. The monoisotopic (exact) mass is 230 g/mol. The summed E-state index contributed by atoms with van der Waals surface area (Å²) < 4.78 is 5.04. The van der Waals surface area contributed by atoms with Crippen molar-refractivity contribution in [2.45, 2.75) is 33.2 Å². The Morgan fingerprint density at radius 2 is 2.12 bits per heavy atom. The van der Waals surface area contributed by atoms with E-state index in [1.54, 1.807) is 7.11 Å². The van der Waals surface area contributed by atoms with Crippen LogP contribution in [-0.4, -0.2) is 44.2 Å². The van der Waals surface area contributed by atoms with Gasteiger partial charge in [-0.15, -0.1) is 0 Å². The number of nitrogens with zero attached hydrogens (tertiary/aromatic N) is 2. The van der Waals surface area contributed by atoms with Gasteiger partial charge >= 0.3 is 0 Å². The molecule has 0 spiro atoms. The van der Waals surface area contributed by atoms with Crippen LogP contribution in [0.3, 0.4) is 0 Å². The van der Waals surface area contributed by atoms with Gasteiger partial charge in [0.15, 0.2) is 0 Å². The molecule has 3 N–H and O–H groups in total. The predicted molar refractivity (Wildman–Crippen MR) is 68.2 cm³/mol. The number of hydrazine groups is 1. The van der Waals surface area contributed by atoms with Crippen LogP contribution in [0.5, 0.6) is 0 Å². The Morgan fingerprint density at radius 3 is 2.56 bits per heavy atom. The number of ether oxygens (including phenoxy) is 1. The van der Waals surface area contributed by atoms with Crippen molar-refractivity contribution in [1.82, 2.24) is 10.3 Å². The van der Waals surface area contributed by atoms with Crippen LogP contribution in [0.1, 0.15) is 27.2 Å². The SMILES string of the molecule is CCC(C)CN(C)C(=NC(C)COC)NN. The molecule has 0 saturated carbocycles. The topological polar surface area (TPSA) is 62.9 Å². The van der Waals surface area contributed by atoms with E-state index in [9.17, 15) is 0 Å². The maximum absolute atomic E-state index is 5.47. The third-order valence-electron chi connectivity index (χ3n) is 2.52. The second-order valence-corrected chi connectivity index (χ2v) is 4.30. The van der Waals surface area contributed by atoms with Gasteiger partial charge in [0.2, 0.25) is 5.96 Å². The Hall–Kier alpha value is -0.810. The molecule has 0 aliphatic rings. The molecular formula is C11H26N4O. The highest BCUT2D eigenvalue weighted by atomic mass is 16.5. The summed E-state index contributed by atoms with van der Waals surface area (Å²) in [5.41, 5.74) is 2.64. The smallest absolute Gasteiger partial charge is 0.208 e. The van der Waals surface area contributed by atoms with E-state index < -0.39 is 0 Å². The number of nitrogens with two attached hydrogens (primary N) is 1. The van der Waals surface area contributed by atoms with Crippen LogP contribution in [0.15, 0.2) is 4.99 Å². The molecule has 0 heterocycles. The van der Waals surface area contributed by atoms with Crippen LogP contribution in [0.4, 0.5) is 0 Å². The molecule has 0 amide bonds. The molecular weight excluding hydrogens is 204 g/mol. The average Bonchev–Trinajstić information content (AvgIpc) is 2.25. The first-order valence-corrected chi connectivity index (χ1v) is 5.79. The van der Waals surface area contributed by atoms with Crippen molar-refractivity contribution in [3.63, 3.8) is 0 Å². The molecule has 96 valence electrons. The van der Waals surface area contributed by atoms with Crippen LogP contribution in [-0.2, 0) is 4.74 Å². The quantitative estimate of drug-likeness (QED) is 0.307. The third-order valence-corrected chi connectivity index (χ3v) is 2.52. The molecule has 0 aliphatic carbocycles. The number of nitrogens with one attached hydrogen (secondary N) is 1. The molecule has 0 aliphatic heterocycles. The number of rotatable bonds is 6. The summed E-state index contributed by atoms with van der Waals surface area (Å²) in [6.07, 6.45) is 1.15. The van der Waals surface area contributed by atoms with Gasteiger partial charge in [-0.05, 0) is 12.8 Å². The Bertz CT molecular complexity index is 208. The van der Waals surface area contributed by atoms with Gasteiger partial charge in [-0.25, -0.2) is 10.8 Å². The first kappa shape index (κ1) is 15.2. The maximum atomic E-state index is 5.47. The van der Waals surface area contributed by atoms with Crippen LogP contribution in [0, 0.1) is 5.92 Å². The molecule has 16 heavy (non-hydrogen) atoms. The average molecular weight is 230 g/mol. The molecule has 2 unspecified atom stereocenters. The van der Waals surface area contributed by atoms with Gasteiger partial charge in [-0.2, -0.15) is 0 Å². The Balaban J connectivity index is 4.34. The summed E-state index contributed by atoms with van der Waals surface area (Å²) in [5, 5.41) is 0. The van der Waals surface area contributed by atoms with Crippen LogP contribution < -0.4 is 11.3 Å². The molecule has 0 radical (unpaired) electrons. The molecule has 5 heteroatoms. The highest BCUT2D eigenvalue weighted by Gasteiger charge is 2.10. The van der Waals surface area contributed by atoms with Crippen molar-refractivity contribution in [2.24, 2.45) is 16.8 Å². The Kier molecular flexibility index (Phi) is 7.93. The first-order valence-electron chi connectivity index (χ1n) is 5.79. The summed E-state index contributed by atoms with van der Waals surface area (Å²) in [4.78, 5) is 6.50. The van der Waals surface area contributed by atoms with Gasteiger partial charge in [0, 0.05) is 20.7 Å². The molecule has 0 aromatic heterocycles. The summed E-state index contributed by atoms with van der Waals surface area (Å²) in [6.45, 7) is 7.93. The fourth-order valence-corrected chi connectivity index (χ4v) is 1.42. The lowest BCUT2D eigenvalue weighted by atomic mass is 10.1. The highest BCUT2D eigenvalue weighted by molar-refractivity contribution is 5.79. The summed E-state index contributed by atoms with van der Waals surface area (Å²) in [7, 11) is 3.66. The zero-order valence-electron chi connectivity index (χ0n) is 11.2. The second-order valence-electron chi connectivity index (χ2n) is 4.30. The van der Waals surface area contributed by atoms with Crippen molar-refractivity contribution in [3.8, 4) is 0 Å². The lowest BCUT2D eigenvalue weighted by Crippen LogP contribution is -2.45. The Morgan fingerprint density at radius 1 is 1.50 bits per heavy atom. The molecule has 0 aromatic rings. The molecule has 0 rings (SSSR count). The first-order chi connectivity index (χ1) is 7.54. The van der Waals surface area contributed by atoms with E-state index >= 15 is 0 Å². The molecule has 0 bridgehead atoms. The maximum Gasteiger partial charge on any atom is 0.208 e. The number of hydrogen-bond acceptors (Lipinski definition) is 3. The van der Waals surface area contributed by atoms with Crippen molar-refractivity contribution < 1.29 is 4.74 Å². The van der Waals surface area contributed by atoms with E-state index in [-0.39, 0.29) is 6.04 Å². The van der Waals surface area contributed by atoms with Gasteiger partial charge < -0.3 is 9.64 Å². The minimum absolute atomic E-state index is 0.107. The normalized spacial score (nSPS) is 15.8. The predicted octanol–water partition coefficient (Wildman–Crippen LogP) is 0.819. The lowest BCUT2D eigenvalue weighted by molar-refractivity contribution is 0.185. The van der Waals surface area contributed by atoms with E-state index in [1.807, 2.05) is 18.9 Å². The van der Waals surface area contributed by atoms with Crippen molar-refractivity contribution in [3.05, 3.63) is 0 Å². The fraction of sp³-hybridized carbons (Fsp3) is 0.909. The van der Waals surface area contributed by atoms with Crippen LogP contribution in [0.25, 0.3) is 0 Å². The zero-order chi connectivity index (χ0) is 12.6. The number of methoxy groups -OCH3 is 1. The van der Waals surface area contributed by atoms with Gasteiger partial charge in [-0.1, -0.05) is 20.3 Å². The van der Waals surface area contributed by atoms with Crippen molar-refractivity contribution in [2.75, 3.05) is 27.3 Å². The fourth-order valence-electron chi connectivity index (χ4n) is 1.42. The lowest BCUT2D eigenvalue weighted by Gasteiger charge is -2.24. The van der Waals surface area contributed by atoms with Gasteiger partial charge in [0.05, 0.1) is 12.6 Å². The number of aliphatic imine (C=N–C) groups is 1. The largest absolute Gasteiger partial charge is 0.382 e. The summed E-state index contributed by atoms with van der Waals surface area (Å²) in [6, 6.07) is 0.107. The number of guanidine groups is 1. The van der Waals surface area contributed by atoms with Crippen molar-refractivity contribution >= 4 is 5.96 Å². The Labute approximate surface area is 99.0 Å². The van der Waals surface area contributed by atoms with E-state index in [2.05, 4.69) is 24.3 Å². The number of hydrogen-bond donors (Lipinski definition) is 2. The van der Waals surface area contributed by atoms with E-state index in [0.717, 1.165) is 13.0 Å². The standard InChI is InChI=1S/C11H26N4O/c1-6-9(2)7-15(4)11(14-12)13-10(3)8-16-5/h9-10H,6-8,12H2,1-5H3,(H,13,14). The molecule has 0 aromatic carbocycles. The zero-order valence-corrected chi connectivity index (χ0v) is 11.2. The van der Waals surface area contributed by atoms with Crippen LogP contribution in [0.2, 0.25) is 0 Å². The van der Waals surface area contributed by atoms with Gasteiger partial charge in [0.25, 0.3) is 0 Å².